The van der Waals surface area contributed by atoms with E-state index in [9.17, 15) is 4.79 Å². The minimum atomic E-state index is 0.167. The molecule has 0 bridgehead atoms. The van der Waals surface area contributed by atoms with Gasteiger partial charge in [0.05, 0.1) is 5.57 Å². The number of ketones is 1. The average Bonchev–Trinajstić information content (AvgIpc) is 2.39. The Balaban J connectivity index is 1.87. The van der Waals surface area contributed by atoms with E-state index in [1.165, 1.54) is 0 Å². The van der Waals surface area contributed by atoms with E-state index in [-0.39, 0.29) is 12.1 Å². The third kappa shape index (κ3) is 2.80. The fraction of sp³-hybridized carbons (Fsp3) is 0.615. The average molecular weight is 231 g/mol. The van der Waals surface area contributed by atoms with Crippen molar-refractivity contribution in [3.63, 3.8) is 0 Å². The Hall–Kier alpha value is -1.47. The second-order valence-electron chi connectivity index (χ2n) is 4.69. The standard InChI is InChI=1S/C13H17N3O/c1-10(17)12-4-6-16(7-5-12)13-3-2-11(8-14)9-15-13/h2,9,12-13H,3-7H2,1H3. The molecule has 0 aromatic carbocycles. The molecule has 1 atom stereocenters. The predicted octanol–water partition coefficient (Wildman–Crippen LogP) is 1.54. The van der Waals surface area contributed by atoms with Crippen molar-refractivity contribution in [3.05, 3.63) is 11.6 Å². The van der Waals surface area contributed by atoms with Crippen LogP contribution in [0.1, 0.15) is 26.2 Å². The Morgan fingerprint density at radius 2 is 2.24 bits per heavy atom. The van der Waals surface area contributed by atoms with Crippen molar-refractivity contribution < 1.29 is 4.79 Å². The van der Waals surface area contributed by atoms with Gasteiger partial charge >= 0.3 is 0 Å². The highest BCUT2D eigenvalue weighted by atomic mass is 16.1. The summed E-state index contributed by atoms with van der Waals surface area (Å²) in [5.74, 6) is 0.549. The van der Waals surface area contributed by atoms with Crippen LogP contribution in [0.2, 0.25) is 0 Å². The van der Waals surface area contributed by atoms with Crippen molar-refractivity contribution in [3.8, 4) is 6.07 Å². The Kier molecular flexibility index (Phi) is 3.70. The molecule has 1 saturated heterocycles. The number of hydrogen-bond donors (Lipinski definition) is 0. The molecule has 0 saturated carbocycles. The highest BCUT2D eigenvalue weighted by Crippen LogP contribution is 2.22. The van der Waals surface area contributed by atoms with Crippen molar-refractivity contribution >= 4 is 12.0 Å². The van der Waals surface area contributed by atoms with E-state index in [1.54, 1.807) is 13.1 Å². The molecule has 0 spiro atoms. The molecule has 90 valence electrons. The minimum Gasteiger partial charge on any atom is -0.300 e. The predicted molar refractivity (Wildman–Crippen MR) is 65.6 cm³/mol. The van der Waals surface area contributed by atoms with Crippen LogP contribution in [0.15, 0.2) is 16.6 Å². The maximum atomic E-state index is 11.3. The SMILES string of the molecule is CC(=O)C1CCN(C2CC=C(C#N)C=N2)CC1. The molecule has 0 aromatic heterocycles. The summed E-state index contributed by atoms with van der Waals surface area (Å²) in [6, 6.07) is 2.10. The van der Waals surface area contributed by atoms with Gasteiger partial charge in [-0.05, 0) is 19.8 Å². The topological polar surface area (TPSA) is 56.5 Å². The van der Waals surface area contributed by atoms with E-state index in [1.807, 2.05) is 6.08 Å². The molecule has 0 aromatic rings. The van der Waals surface area contributed by atoms with Gasteiger partial charge in [-0.2, -0.15) is 5.26 Å². The van der Waals surface area contributed by atoms with E-state index in [2.05, 4.69) is 16.0 Å². The lowest BCUT2D eigenvalue weighted by molar-refractivity contribution is -0.122. The first-order chi connectivity index (χ1) is 8.20. The highest BCUT2D eigenvalue weighted by Gasteiger charge is 2.26. The molecular formula is C13H17N3O. The number of Topliss-reactive ketones (excluding diaryl/α,β-unsaturated/α-hetero) is 1. The third-order valence-corrected chi connectivity index (χ3v) is 3.59. The van der Waals surface area contributed by atoms with Crippen LogP contribution in [-0.4, -0.2) is 36.2 Å². The van der Waals surface area contributed by atoms with Crippen LogP contribution in [0.3, 0.4) is 0 Å². The summed E-state index contributed by atoms with van der Waals surface area (Å²) < 4.78 is 0. The molecule has 1 unspecified atom stereocenters. The number of hydrogen-bond acceptors (Lipinski definition) is 4. The zero-order valence-electron chi connectivity index (χ0n) is 10.1. The maximum Gasteiger partial charge on any atom is 0.133 e. The van der Waals surface area contributed by atoms with E-state index < -0.39 is 0 Å². The normalized spacial score (nSPS) is 26.4. The van der Waals surface area contributed by atoms with Crippen LogP contribution in [0.25, 0.3) is 0 Å². The number of aliphatic imine (C=N–C) groups is 1. The van der Waals surface area contributed by atoms with Gasteiger partial charge < -0.3 is 0 Å². The number of nitrogens with zero attached hydrogens (tertiary/aromatic N) is 3. The summed E-state index contributed by atoms with van der Waals surface area (Å²) >= 11 is 0. The summed E-state index contributed by atoms with van der Waals surface area (Å²) in [4.78, 5) is 18.0. The lowest BCUT2D eigenvalue weighted by Crippen LogP contribution is -2.42. The van der Waals surface area contributed by atoms with Gasteiger partial charge in [0.25, 0.3) is 0 Å². The van der Waals surface area contributed by atoms with Crippen molar-refractivity contribution in [2.75, 3.05) is 13.1 Å². The molecule has 2 aliphatic heterocycles. The number of likely N-dealkylation sites (tertiary alicyclic amines) is 1. The quantitative estimate of drug-likeness (QED) is 0.724. The monoisotopic (exact) mass is 231 g/mol. The first-order valence-corrected chi connectivity index (χ1v) is 6.08. The number of dihydropyridines is 1. The molecule has 0 amide bonds. The molecule has 2 aliphatic rings. The number of rotatable bonds is 2. The lowest BCUT2D eigenvalue weighted by Gasteiger charge is -2.35. The molecule has 17 heavy (non-hydrogen) atoms. The molecule has 2 rings (SSSR count). The summed E-state index contributed by atoms with van der Waals surface area (Å²) in [5, 5.41) is 8.72. The molecule has 0 aliphatic carbocycles. The van der Waals surface area contributed by atoms with Gasteiger partial charge in [0, 0.05) is 31.6 Å². The molecule has 4 heteroatoms. The molecule has 2 heterocycles. The van der Waals surface area contributed by atoms with Gasteiger partial charge in [0.15, 0.2) is 0 Å². The number of allylic oxidation sites excluding steroid dienone is 1. The molecule has 4 nitrogen and oxygen atoms in total. The van der Waals surface area contributed by atoms with E-state index in [0.29, 0.717) is 11.4 Å². The fourth-order valence-corrected chi connectivity index (χ4v) is 2.43. The van der Waals surface area contributed by atoms with Gasteiger partial charge in [0.2, 0.25) is 0 Å². The van der Waals surface area contributed by atoms with Crippen LogP contribution in [0, 0.1) is 17.2 Å². The first-order valence-electron chi connectivity index (χ1n) is 6.08. The largest absolute Gasteiger partial charge is 0.300 e. The van der Waals surface area contributed by atoms with Crippen molar-refractivity contribution in [2.24, 2.45) is 10.9 Å². The number of carbonyl (C=O) groups is 1. The highest BCUT2D eigenvalue weighted by molar-refractivity contribution is 5.84. The molecule has 1 fully saturated rings. The molecule has 0 radical (unpaired) electrons. The summed E-state index contributed by atoms with van der Waals surface area (Å²) in [7, 11) is 0. The minimum absolute atomic E-state index is 0.167. The van der Waals surface area contributed by atoms with Gasteiger partial charge in [-0.15, -0.1) is 0 Å². The maximum absolute atomic E-state index is 11.3. The van der Waals surface area contributed by atoms with Crippen LogP contribution in [0.5, 0.6) is 0 Å². The third-order valence-electron chi connectivity index (χ3n) is 3.59. The second kappa shape index (κ2) is 5.24. The van der Waals surface area contributed by atoms with Gasteiger partial charge in [-0.3, -0.25) is 14.7 Å². The van der Waals surface area contributed by atoms with Gasteiger partial charge in [-0.25, -0.2) is 0 Å². The van der Waals surface area contributed by atoms with Gasteiger partial charge in [0.1, 0.15) is 18.0 Å². The number of piperidine rings is 1. The zero-order chi connectivity index (χ0) is 12.3. The zero-order valence-corrected chi connectivity index (χ0v) is 10.1. The van der Waals surface area contributed by atoms with Crippen molar-refractivity contribution in [1.29, 1.82) is 5.26 Å². The fourth-order valence-electron chi connectivity index (χ4n) is 2.43. The van der Waals surface area contributed by atoms with E-state index in [4.69, 9.17) is 5.26 Å². The van der Waals surface area contributed by atoms with E-state index in [0.717, 1.165) is 32.4 Å². The lowest BCUT2D eigenvalue weighted by atomic mass is 9.93. The van der Waals surface area contributed by atoms with Gasteiger partial charge in [-0.1, -0.05) is 6.08 Å². The van der Waals surface area contributed by atoms with E-state index >= 15 is 0 Å². The Bertz CT molecular complexity index is 397. The van der Waals surface area contributed by atoms with Crippen LogP contribution in [-0.2, 0) is 4.79 Å². The Morgan fingerprint density at radius 3 is 2.71 bits per heavy atom. The second-order valence-corrected chi connectivity index (χ2v) is 4.69. The van der Waals surface area contributed by atoms with Crippen LogP contribution in [0.4, 0.5) is 0 Å². The summed E-state index contributed by atoms with van der Waals surface area (Å²) in [6.45, 7) is 3.55. The Morgan fingerprint density at radius 1 is 1.53 bits per heavy atom. The van der Waals surface area contributed by atoms with Crippen LogP contribution >= 0.6 is 0 Å². The van der Waals surface area contributed by atoms with Crippen molar-refractivity contribution in [1.82, 2.24) is 4.90 Å². The smallest absolute Gasteiger partial charge is 0.133 e. The number of carbonyl (C=O) groups excluding carboxylic acids is 1. The molecule has 0 N–H and O–H groups in total. The summed E-state index contributed by atoms with van der Waals surface area (Å²) in [6.07, 6.45) is 6.45. The first kappa shape index (κ1) is 12.0. The number of nitriles is 1. The van der Waals surface area contributed by atoms with Crippen molar-refractivity contribution in [2.45, 2.75) is 32.4 Å². The van der Waals surface area contributed by atoms with Crippen LogP contribution < -0.4 is 0 Å². The molecular weight excluding hydrogens is 214 g/mol. The Labute approximate surface area is 102 Å². The summed E-state index contributed by atoms with van der Waals surface area (Å²) in [5.41, 5.74) is 0.653.